The normalized spacial score (nSPS) is 11.2. The maximum Gasteiger partial charge on any atom is 0.434 e. The Kier molecular flexibility index (Phi) is 4.00. The second-order valence-corrected chi connectivity index (χ2v) is 4.44. The molecule has 0 N–H and O–H groups in total. The Morgan fingerprint density at radius 2 is 1.94 bits per heavy atom. The molecule has 0 bridgehead atoms. The lowest BCUT2D eigenvalue weighted by atomic mass is 10.2. The zero-order valence-electron chi connectivity index (χ0n) is 10.1. The van der Waals surface area contributed by atoms with Crippen molar-refractivity contribution in [3.63, 3.8) is 0 Å². The van der Waals surface area contributed by atoms with Crippen LogP contribution in [0, 0.1) is 6.57 Å². The van der Waals surface area contributed by atoms with Crippen molar-refractivity contribution in [1.82, 2.24) is 0 Å². The summed E-state index contributed by atoms with van der Waals surface area (Å²) in [7, 11) is 0. The zero-order chi connectivity index (χ0) is 12.9. The number of nitrogens with zero attached hydrogens (tertiary/aromatic N) is 2. The van der Waals surface area contributed by atoms with Gasteiger partial charge in [0.15, 0.2) is 5.69 Å². The van der Waals surface area contributed by atoms with E-state index in [1.807, 2.05) is 0 Å². The van der Waals surface area contributed by atoms with Crippen LogP contribution in [0.5, 0.6) is 0 Å². The quantitative estimate of drug-likeness (QED) is 0.546. The van der Waals surface area contributed by atoms with Crippen LogP contribution in [0.25, 0.3) is 4.85 Å². The van der Waals surface area contributed by atoms with Crippen LogP contribution in [0.3, 0.4) is 0 Å². The van der Waals surface area contributed by atoms with Crippen molar-refractivity contribution >= 4 is 18.0 Å². The minimum Gasteiger partial charge on any atom is -0.442 e. The Labute approximate surface area is 101 Å². The molecule has 1 aromatic carbocycles. The van der Waals surface area contributed by atoms with Crippen LogP contribution < -0.4 is 0 Å². The lowest BCUT2D eigenvalue weighted by Crippen LogP contribution is -2.21. The molecule has 0 aliphatic heterocycles. The molecule has 0 saturated carbocycles. The fourth-order valence-electron chi connectivity index (χ4n) is 1.05. The SMILES string of the molecule is [C-]#[N+]c1ccc(/C=N/C(=O)OC(C)(C)C)cc1. The summed E-state index contributed by atoms with van der Waals surface area (Å²) in [5.74, 6) is 0. The van der Waals surface area contributed by atoms with Gasteiger partial charge in [0.05, 0.1) is 6.57 Å². The lowest BCUT2D eigenvalue weighted by molar-refractivity contribution is 0.0605. The van der Waals surface area contributed by atoms with E-state index in [2.05, 4.69) is 9.84 Å². The number of amides is 1. The maximum atomic E-state index is 11.3. The van der Waals surface area contributed by atoms with Gasteiger partial charge in [-0.05, 0) is 26.3 Å². The third kappa shape index (κ3) is 4.94. The smallest absolute Gasteiger partial charge is 0.434 e. The molecule has 0 aliphatic carbocycles. The molecule has 1 amide bonds. The van der Waals surface area contributed by atoms with Gasteiger partial charge in [-0.15, -0.1) is 0 Å². The molecule has 0 spiro atoms. The Hall–Kier alpha value is -2.15. The van der Waals surface area contributed by atoms with E-state index >= 15 is 0 Å². The van der Waals surface area contributed by atoms with Crippen molar-refractivity contribution in [2.75, 3.05) is 0 Å². The first-order chi connectivity index (χ1) is 7.90. The van der Waals surface area contributed by atoms with Crippen molar-refractivity contribution in [2.24, 2.45) is 4.99 Å². The number of hydrogen-bond donors (Lipinski definition) is 0. The number of carbonyl (C=O) groups is 1. The van der Waals surface area contributed by atoms with E-state index in [4.69, 9.17) is 11.3 Å². The number of aliphatic imine (C=N–C) groups is 1. The van der Waals surface area contributed by atoms with Gasteiger partial charge < -0.3 is 4.74 Å². The highest BCUT2D eigenvalue weighted by Crippen LogP contribution is 2.12. The van der Waals surface area contributed by atoms with Crippen molar-refractivity contribution in [3.8, 4) is 0 Å². The zero-order valence-corrected chi connectivity index (χ0v) is 10.1. The predicted molar refractivity (Wildman–Crippen MR) is 66.5 cm³/mol. The summed E-state index contributed by atoms with van der Waals surface area (Å²) in [4.78, 5) is 18.2. The van der Waals surface area contributed by atoms with E-state index in [0.29, 0.717) is 5.69 Å². The summed E-state index contributed by atoms with van der Waals surface area (Å²) in [5.41, 5.74) is 0.769. The van der Waals surface area contributed by atoms with E-state index in [0.717, 1.165) is 5.56 Å². The predicted octanol–water partition coefficient (Wildman–Crippen LogP) is 3.59. The maximum absolute atomic E-state index is 11.3. The number of ether oxygens (including phenoxy) is 1. The second kappa shape index (κ2) is 5.26. The van der Waals surface area contributed by atoms with Crippen LogP contribution in [-0.2, 0) is 4.74 Å². The van der Waals surface area contributed by atoms with Crippen LogP contribution in [-0.4, -0.2) is 17.9 Å². The van der Waals surface area contributed by atoms with Crippen LogP contribution >= 0.6 is 0 Å². The molecule has 0 aromatic heterocycles. The standard InChI is InChI=1S/C13H14N2O2/c1-13(2,3)17-12(16)15-9-10-5-7-11(14-4)8-6-10/h5-9H,1-3H3/b15-9+. The largest absolute Gasteiger partial charge is 0.442 e. The summed E-state index contributed by atoms with van der Waals surface area (Å²) >= 11 is 0. The topological polar surface area (TPSA) is 43.0 Å². The van der Waals surface area contributed by atoms with E-state index in [9.17, 15) is 4.79 Å². The molecule has 1 rings (SSSR count). The molecule has 0 atom stereocenters. The average Bonchev–Trinajstić information content (AvgIpc) is 2.25. The minimum atomic E-state index is -0.619. The van der Waals surface area contributed by atoms with Gasteiger partial charge in [-0.2, -0.15) is 4.99 Å². The Morgan fingerprint density at radius 1 is 1.35 bits per heavy atom. The monoisotopic (exact) mass is 230 g/mol. The fourth-order valence-corrected chi connectivity index (χ4v) is 1.05. The van der Waals surface area contributed by atoms with E-state index in [-0.39, 0.29) is 0 Å². The van der Waals surface area contributed by atoms with Crippen LogP contribution in [0.4, 0.5) is 10.5 Å². The van der Waals surface area contributed by atoms with Crippen molar-refractivity contribution < 1.29 is 9.53 Å². The van der Waals surface area contributed by atoms with Gasteiger partial charge in [0.2, 0.25) is 0 Å². The summed E-state index contributed by atoms with van der Waals surface area (Å²) in [6.07, 6.45) is 0.800. The number of benzene rings is 1. The number of rotatable bonds is 1. The van der Waals surface area contributed by atoms with Crippen LogP contribution in [0.2, 0.25) is 0 Å². The summed E-state index contributed by atoms with van der Waals surface area (Å²) in [6, 6.07) is 6.79. The summed E-state index contributed by atoms with van der Waals surface area (Å²) in [6.45, 7) is 12.1. The van der Waals surface area contributed by atoms with E-state index in [1.54, 1.807) is 45.0 Å². The van der Waals surface area contributed by atoms with Gasteiger partial charge in [0.25, 0.3) is 0 Å². The first kappa shape index (κ1) is 12.9. The molecule has 0 unspecified atom stereocenters. The third-order valence-electron chi connectivity index (χ3n) is 1.73. The van der Waals surface area contributed by atoms with Gasteiger partial charge in [0, 0.05) is 6.21 Å². The van der Waals surface area contributed by atoms with Gasteiger partial charge in [0.1, 0.15) is 5.60 Å². The fraction of sp³-hybridized carbons (Fsp3) is 0.308. The number of hydrogen-bond acceptors (Lipinski definition) is 2. The first-order valence-electron chi connectivity index (χ1n) is 5.15. The molecule has 0 saturated heterocycles. The molecule has 17 heavy (non-hydrogen) atoms. The van der Waals surface area contributed by atoms with Crippen molar-refractivity contribution in [2.45, 2.75) is 26.4 Å². The Morgan fingerprint density at radius 3 is 2.41 bits per heavy atom. The molecule has 0 heterocycles. The molecule has 4 nitrogen and oxygen atoms in total. The molecule has 0 aliphatic rings. The second-order valence-electron chi connectivity index (χ2n) is 4.44. The van der Waals surface area contributed by atoms with E-state index < -0.39 is 11.7 Å². The average molecular weight is 230 g/mol. The van der Waals surface area contributed by atoms with Crippen molar-refractivity contribution in [3.05, 3.63) is 41.2 Å². The van der Waals surface area contributed by atoms with Crippen LogP contribution in [0.15, 0.2) is 29.3 Å². The summed E-state index contributed by atoms with van der Waals surface area (Å²) in [5, 5.41) is 0. The van der Waals surface area contributed by atoms with Crippen molar-refractivity contribution in [1.29, 1.82) is 0 Å². The Balaban J connectivity index is 2.65. The number of carbonyl (C=O) groups excluding carboxylic acids is 1. The molecule has 0 fully saturated rings. The molecular formula is C13H14N2O2. The molecule has 0 radical (unpaired) electrons. The molecule has 4 heteroatoms. The van der Waals surface area contributed by atoms with Gasteiger partial charge in [-0.3, -0.25) is 0 Å². The molecular weight excluding hydrogens is 216 g/mol. The first-order valence-corrected chi connectivity index (χ1v) is 5.15. The van der Waals surface area contributed by atoms with Gasteiger partial charge >= 0.3 is 6.09 Å². The van der Waals surface area contributed by atoms with Gasteiger partial charge in [-0.1, -0.05) is 24.3 Å². The van der Waals surface area contributed by atoms with Crippen LogP contribution in [0.1, 0.15) is 26.3 Å². The Bertz CT molecular complexity index is 462. The van der Waals surface area contributed by atoms with E-state index in [1.165, 1.54) is 6.21 Å². The summed E-state index contributed by atoms with van der Waals surface area (Å²) < 4.78 is 5.02. The third-order valence-corrected chi connectivity index (χ3v) is 1.73. The highest BCUT2D eigenvalue weighted by Gasteiger charge is 2.14. The highest BCUT2D eigenvalue weighted by atomic mass is 16.6. The molecule has 88 valence electrons. The minimum absolute atomic E-state index is 0.539. The highest BCUT2D eigenvalue weighted by molar-refractivity contribution is 5.89. The molecule has 1 aromatic rings. The van der Waals surface area contributed by atoms with Gasteiger partial charge in [-0.25, -0.2) is 9.64 Å². The lowest BCUT2D eigenvalue weighted by Gasteiger charge is -2.17.